The Morgan fingerprint density at radius 2 is 1.78 bits per heavy atom. The number of likely N-dealkylation sites (N-methyl/N-ethyl adjacent to an activating group) is 1. The van der Waals surface area contributed by atoms with Gasteiger partial charge in [-0.2, -0.15) is 0 Å². The minimum Gasteiger partial charge on any atom is -0.497 e. The van der Waals surface area contributed by atoms with Crippen molar-refractivity contribution in [2.75, 3.05) is 31.3 Å². The van der Waals surface area contributed by atoms with Gasteiger partial charge >= 0.3 is 0 Å². The second-order valence-corrected chi connectivity index (χ2v) is 9.70. The van der Waals surface area contributed by atoms with Crippen LogP contribution >= 0.6 is 11.6 Å². The Labute approximate surface area is 194 Å². The zero-order valence-electron chi connectivity index (χ0n) is 18.8. The van der Waals surface area contributed by atoms with Crippen LogP contribution in [0.15, 0.2) is 42.5 Å². The predicted octanol–water partition coefficient (Wildman–Crippen LogP) is 2.59. The summed E-state index contributed by atoms with van der Waals surface area (Å²) in [6.07, 6.45) is 1.03. The molecule has 0 aliphatic carbocycles. The lowest BCUT2D eigenvalue weighted by Crippen LogP contribution is -2.50. The second kappa shape index (κ2) is 10.7. The summed E-state index contributed by atoms with van der Waals surface area (Å²) in [5.74, 6) is -0.218. The quantitative estimate of drug-likeness (QED) is 0.594. The average Bonchev–Trinajstić information content (AvgIpc) is 2.74. The number of carbonyl (C=O) groups is 2. The van der Waals surface area contributed by atoms with Crippen molar-refractivity contribution in [1.82, 2.24) is 10.2 Å². The van der Waals surface area contributed by atoms with Crippen molar-refractivity contribution in [3.63, 3.8) is 0 Å². The maximum absolute atomic E-state index is 13.3. The second-order valence-electron chi connectivity index (χ2n) is 7.36. The number of aryl methyl sites for hydroxylation is 1. The minimum absolute atomic E-state index is 0.120. The molecule has 2 rings (SSSR count). The molecule has 0 aliphatic rings. The molecule has 0 aromatic heterocycles. The first-order valence-corrected chi connectivity index (χ1v) is 12.1. The molecule has 1 N–H and O–H groups in total. The van der Waals surface area contributed by atoms with Crippen molar-refractivity contribution in [3.8, 4) is 5.75 Å². The molecule has 0 fully saturated rings. The van der Waals surface area contributed by atoms with Crippen LogP contribution in [0.25, 0.3) is 0 Å². The van der Waals surface area contributed by atoms with Crippen LogP contribution in [0, 0.1) is 6.92 Å². The molecule has 0 saturated heterocycles. The first-order valence-electron chi connectivity index (χ1n) is 9.85. The molecule has 2 aromatic rings. The van der Waals surface area contributed by atoms with Crippen LogP contribution in [0.1, 0.15) is 18.1 Å². The summed E-state index contributed by atoms with van der Waals surface area (Å²) in [5, 5.41) is 2.99. The van der Waals surface area contributed by atoms with Gasteiger partial charge in [-0.05, 0) is 55.3 Å². The van der Waals surface area contributed by atoms with Crippen LogP contribution in [-0.2, 0) is 26.2 Å². The lowest BCUT2D eigenvalue weighted by atomic mass is 10.1. The van der Waals surface area contributed by atoms with E-state index in [0.717, 1.165) is 16.1 Å². The van der Waals surface area contributed by atoms with Crippen LogP contribution in [0.5, 0.6) is 5.75 Å². The molecule has 0 spiro atoms. The molecule has 2 aromatic carbocycles. The predicted molar refractivity (Wildman–Crippen MR) is 125 cm³/mol. The molecule has 1 unspecified atom stereocenters. The number of carbonyl (C=O) groups excluding carboxylic acids is 2. The van der Waals surface area contributed by atoms with E-state index in [2.05, 4.69) is 5.32 Å². The Bertz CT molecular complexity index is 1070. The molecule has 174 valence electrons. The van der Waals surface area contributed by atoms with Crippen molar-refractivity contribution in [3.05, 3.63) is 58.6 Å². The highest BCUT2D eigenvalue weighted by Crippen LogP contribution is 2.26. The van der Waals surface area contributed by atoms with E-state index in [4.69, 9.17) is 16.3 Å². The largest absolute Gasteiger partial charge is 0.497 e. The van der Waals surface area contributed by atoms with E-state index in [9.17, 15) is 18.0 Å². The van der Waals surface area contributed by atoms with Crippen molar-refractivity contribution in [2.24, 2.45) is 0 Å². The number of sulfonamides is 1. The van der Waals surface area contributed by atoms with Gasteiger partial charge in [-0.15, -0.1) is 0 Å². The van der Waals surface area contributed by atoms with E-state index in [1.165, 1.54) is 11.9 Å². The molecule has 0 saturated carbocycles. The average molecular weight is 482 g/mol. The molecule has 10 heteroatoms. The Kier molecular flexibility index (Phi) is 8.51. The van der Waals surface area contributed by atoms with E-state index in [1.807, 2.05) is 0 Å². The highest BCUT2D eigenvalue weighted by Gasteiger charge is 2.30. The summed E-state index contributed by atoms with van der Waals surface area (Å²) < 4.78 is 31.3. The zero-order valence-corrected chi connectivity index (χ0v) is 20.3. The van der Waals surface area contributed by atoms with E-state index in [-0.39, 0.29) is 12.5 Å². The fraction of sp³-hybridized carbons (Fsp3) is 0.364. The van der Waals surface area contributed by atoms with Crippen molar-refractivity contribution < 1.29 is 22.7 Å². The minimum atomic E-state index is -3.79. The van der Waals surface area contributed by atoms with Crippen LogP contribution < -0.4 is 14.4 Å². The van der Waals surface area contributed by atoms with Gasteiger partial charge in [-0.25, -0.2) is 8.42 Å². The van der Waals surface area contributed by atoms with Gasteiger partial charge in [0.2, 0.25) is 21.8 Å². The number of hydrogen-bond acceptors (Lipinski definition) is 5. The number of nitrogens with zero attached hydrogens (tertiary/aromatic N) is 2. The molecular weight excluding hydrogens is 454 g/mol. The number of benzene rings is 2. The summed E-state index contributed by atoms with van der Waals surface area (Å²) >= 11 is 6.00. The Hall–Kier alpha value is -2.78. The van der Waals surface area contributed by atoms with Crippen LogP contribution in [0.2, 0.25) is 5.02 Å². The number of nitrogens with one attached hydrogen (secondary N) is 1. The van der Waals surface area contributed by atoms with Crippen molar-refractivity contribution in [1.29, 1.82) is 0 Å². The van der Waals surface area contributed by atoms with Crippen molar-refractivity contribution >= 4 is 39.1 Å². The highest BCUT2D eigenvalue weighted by atomic mass is 35.5. The molecule has 1 atom stereocenters. The summed E-state index contributed by atoms with van der Waals surface area (Å²) in [6, 6.07) is 11.0. The smallest absolute Gasteiger partial charge is 0.244 e. The highest BCUT2D eigenvalue weighted by molar-refractivity contribution is 7.92. The van der Waals surface area contributed by atoms with Gasteiger partial charge in [-0.3, -0.25) is 13.9 Å². The van der Waals surface area contributed by atoms with Crippen molar-refractivity contribution in [2.45, 2.75) is 26.4 Å². The maximum atomic E-state index is 13.3. The van der Waals surface area contributed by atoms with E-state index in [1.54, 1.807) is 63.4 Å². The number of rotatable bonds is 9. The number of hydrogen-bond donors (Lipinski definition) is 1. The van der Waals surface area contributed by atoms with Gasteiger partial charge in [-0.1, -0.05) is 23.7 Å². The third-order valence-corrected chi connectivity index (χ3v) is 6.39. The number of methoxy groups -OCH3 is 1. The van der Waals surface area contributed by atoms with Crippen LogP contribution in [-0.4, -0.2) is 58.1 Å². The molecule has 8 nitrogen and oxygen atoms in total. The molecule has 2 amide bonds. The Morgan fingerprint density at radius 1 is 1.16 bits per heavy atom. The monoisotopic (exact) mass is 481 g/mol. The fourth-order valence-corrected chi connectivity index (χ4v) is 4.35. The van der Waals surface area contributed by atoms with E-state index in [0.29, 0.717) is 22.0 Å². The molecule has 0 bridgehead atoms. The standard InChI is InChI=1S/C22H28ClN3O5S/c1-15-12-18(23)8-11-20(15)26(32(5,29)30)14-21(27)25(16(2)22(28)24-3)13-17-6-9-19(31-4)10-7-17/h6-12,16H,13-14H2,1-5H3,(H,24,28). The number of amides is 2. The molecule has 0 heterocycles. The third-order valence-electron chi connectivity index (χ3n) is 5.03. The number of ether oxygens (including phenoxy) is 1. The van der Waals surface area contributed by atoms with Gasteiger partial charge in [0.25, 0.3) is 0 Å². The first kappa shape index (κ1) is 25.5. The number of anilines is 1. The van der Waals surface area contributed by atoms with Gasteiger partial charge in [0.1, 0.15) is 18.3 Å². The lowest BCUT2D eigenvalue weighted by Gasteiger charge is -2.31. The molecule has 0 aliphatic heterocycles. The van der Waals surface area contributed by atoms with Gasteiger partial charge in [0.05, 0.1) is 19.1 Å². The Balaban J connectivity index is 2.39. The molecule has 0 radical (unpaired) electrons. The van der Waals surface area contributed by atoms with E-state index < -0.39 is 28.5 Å². The number of halogens is 1. The zero-order chi connectivity index (χ0) is 24.1. The SMILES string of the molecule is CNC(=O)C(C)N(Cc1ccc(OC)cc1)C(=O)CN(c1ccc(Cl)cc1C)S(C)(=O)=O. The van der Waals surface area contributed by atoms with Crippen LogP contribution in [0.3, 0.4) is 0 Å². The summed E-state index contributed by atoms with van der Waals surface area (Å²) in [7, 11) is -0.756. The third kappa shape index (κ3) is 6.37. The van der Waals surface area contributed by atoms with E-state index >= 15 is 0 Å². The molecule has 32 heavy (non-hydrogen) atoms. The maximum Gasteiger partial charge on any atom is 0.244 e. The fourth-order valence-electron chi connectivity index (χ4n) is 3.21. The topological polar surface area (TPSA) is 96.0 Å². The first-order chi connectivity index (χ1) is 15.0. The van der Waals surface area contributed by atoms with Gasteiger partial charge < -0.3 is 15.0 Å². The van der Waals surface area contributed by atoms with Crippen LogP contribution in [0.4, 0.5) is 5.69 Å². The summed E-state index contributed by atoms with van der Waals surface area (Å²) in [4.78, 5) is 27.0. The summed E-state index contributed by atoms with van der Waals surface area (Å²) in [5.41, 5.74) is 1.72. The van der Waals surface area contributed by atoms with Gasteiger partial charge in [0.15, 0.2) is 0 Å². The Morgan fingerprint density at radius 3 is 2.28 bits per heavy atom. The lowest BCUT2D eigenvalue weighted by molar-refractivity contribution is -0.139. The summed E-state index contributed by atoms with van der Waals surface area (Å²) in [6.45, 7) is 2.97. The molecular formula is C22H28ClN3O5S. The van der Waals surface area contributed by atoms with Gasteiger partial charge in [0, 0.05) is 18.6 Å². The normalized spacial score (nSPS) is 12.1.